The molecule has 0 aliphatic heterocycles. The first-order valence-corrected chi connectivity index (χ1v) is 1.84. The molecule has 0 unspecified atom stereocenters. The Morgan fingerprint density at radius 3 is 2.62 bits per heavy atom. The molecule has 0 bridgehead atoms. The molecule has 0 atom stereocenters. The van der Waals surface area contributed by atoms with Gasteiger partial charge in [-0.05, 0) is 10.4 Å². The zero-order chi connectivity index (χ0) is 5.98. The molecule has 0 aliphatic rings. The number of rotatable bonds is 1. The summed E-state index contributed by atoms with van der Waals surface area (Å²) in [6, 6.07) is 0. The zero-order valence-electron chi connectivity index (χ0n) is 3.94. The van der Waals surface area contributed by atoms with Gasteiger partial charge in [0, 0.05) is 0 Å². The van der Waals surface area contributed by atoms with Gasteiger partial charge in [0.1, 0.15) is 0 Å². The van der Waals surface area contributed by atoms with Crippen LogP contribution in [-0.2, 0) is 0 Å². The Morgan fingerprint density at radius 1 is 1.62 bits per heavy atom. The van der Waals surface area contributed by atoms with Gasteiger partial charge >= 0.3 is 0 Å². The first-order valence-electron chi connectivity index (χ1n) is 1.84. The van der Waals surface area contributed by atoms with Gasteiger partial charge in [0.05, 0.1) is 0 Å². The van der Waals surface area contributed by atoms with E-state index in [0.717, 1.165) is 4.79 Å². The molecule has 1 aromatic heterocycles. The molecule has 0 radical (unpaired) electrons. The highest BCUT2D eigenvalue weighted by Crippen LogP contribution is 1.85. The van der Waals surface area contributed by atoms with Crippen molar-refractivity contribution in [3.8, 4) is 0 Å². The van der Waals surface area contributed by atoms with E-state index in [2.05, 4.69) is 21.0 Å². The lowest BCUT2D eigenvalue weighted by Crippen LogP contribution is -2.18. The Labute approximate surface area is 44.6 Å². The lowest BCUT2D eigenvalue weighted by atomic mass is 11.1. The predicted molar refractivity (Wildman–Crippen MR) is 25.8 cm³/mol. The number of aromatic nitrogens is 4. The van der Waals surface area contributed by atoms with Gasteiger partial charge in [-0.25, -0.2) is 5.84 Å². The molecule has 5 N–H and O–H groups in total. The van der Waals surface area contributed by atoms with Gasteiger partial charge in [0.25, 0.3) is 5.95 Å². The Kier molecular flexibility index (Phi) is 0.968. The van der Waals surface area contributed by atoms with Gasteiger partial charge in [-0.1, -0.05) is 5.10 Å². The molecule has 7 heteroatoms. The highest BCUT2D eigenvalue weighted by atomic mass is 15.7. The van der Waals surface area contributed by atoms with E-state index >= 15 is 0 Å². The van der Waals surface area contributed by atoms with E-state index in [-0.39, 0.29) is 5.95 Å². The summed E-state index contributed by atoms with van der Waals surface area (Å²) < 4.78 is 0. The SMILES string of the molecule is NNc1nnnn1N. The van der Waals surface area contributed by atoms with Crippen LogP contribution in [0.4, 0.5) is 5.95 Å². The van der Waals surface area contributed by atoms with Crippen LogP contribution in [0, 0.1) is 0 Å². The molecule has 0 amide bonds. The monoisotopic (exact) mass is 115 g/mol. The summed E-state index contributed by atoms with van der Waals surface area (Å²) in [6.07, 6.45) is 0. The molecule has 0 saturated carbocycles. The number of hydrazine groups is 1. The Hall–Kier alpha value is -1.37. The average molecular weight is 115 g/mol. The third-order valence-electron chi connectivity index (χ3n) is 0.622. The van der Waals surface area contributed by atoms with Crippen LogP contribution in [0.2, 0.25) is 0 Å². The molecule has 8 heavy (non-hydrogen) atoms. The molecule has 44 valence electrons. The summed E-state index contributed by atoms with van der Waals surface area (Å²) in [6.45, 7) is 0. The second-order valence-electron chi connectivity index (χ2n) is 1.09. The minimum Gasteiger partial charge on any atom is -0.318 e. The van der Waals surface area contributed by atoms with Crippen molar-refractivity contribution in [1.82, 2.24) is 20.3 Å². The van der Waals surface area contributed by atoms with Crippen molar-refractivity contribution in [3.63, 3.8) is 0 Å². The second kappa shape index (κ2) is 1.62. The number of hydrogen-bond donors (Lipinski definition) is 3. The van der Waals surface area contributed by atoms with E-state index < -0.39 is 0 Å². The Bertz CT molecular complexity index is 165. The van der Waals surface area contributed by atoms with Gasteiger partial charge in [0.15, 0.2) is 0 Å². The number of tetrazole rings is 1. The van der Waals surface area contributed by atoms with Gasteiger partial charge < -0.3 is 5.84 Å². The quantitative estimate of drug-likeness (QED) is 0.280. The molecule has 0 spiro atoms. The van der Waals surface area contributed by atoms with Crippen molar-refractivity contribution in [2.75, 3.05) is 11.3 Å². The van der Waals surface area contributed by atoms with Crippen LogP contribution in [-0.4, -0.2) is 20.3 Å². The van der Waals surface area contributed by atoms with Crippen molar-refractivity contribution in [1.29, 1.82) is 0 Å². The molecule has 1 aromatic rings. The van der Waals surface area contributed by atoms with E-state index in [9.17, 15) is 0 Å². The summed E-state index contributed by atoms with van der Waals surface area (Å²) in [5.74, 6) is 10.2. The lowest BCUT2D eigenvalue weighted by molar-refractivity contribution is 0.758. The normalized spacial score (nSPS) is 9.12. The smallest absolute Gasteiger partial charge is 0.276 e. The van der Waals surface area contributed by atoms with Crippen LogP contribution in [0.5, 0.6) is 0 Å². The van der Waals surface area contributed by atoms with Crippen molar-refractivity contribution in [3.05, 3.63) is 0 Å². The lowest BCUT2D eigenvalue weighted by Gasteiger charge is -1.91. The fraction of sp³-hybridized carbons (Fsp3) is 0. The van der Waals surface area contributed by atoms with E-state index in [1.807, 2.05) is 0 Å². The number of nitrogens with one attached hydrogen (secondary N) is 1. The Balaban J connectivity index is 2.92. The summed E-state index contributed by atoms with van der Waals surface area (Å²) in [4.78, 5) is 0.931. The van der Waals surface area contributed by atoms with Crippen molar-refractivity contribution >= 4 is 5.95 Å². The number of nitrogens with zero attached hydrogens (tertiary/aromatic N) is 4. The molecule has 1 rings (SSSR count). The standard InChI is InChI=1S/CH5N7/c2-4-1-5-6-7-8(1)3/h2-3H2,(H,4,5,7). The maximum absolute atomic E-state index is 5.09. The van der Waals surface area contributed by atoms with Crippen LogP contribution in [0.3, 0.4) is 0 Å². The third kappa shape index (κ3) is 0.540. The maximum atomic E-state index is 5.09. The number of nitrogen functional groups attached to an aromatic ring is 2. The fourth-order valence-electron chi connectivity index (χ4n) is 0.289. The zero-order valence-corrected chi connectivity index (χ0v) is 3.94. The van der Waals surface area contributed by atoms with E-state index in [1.165, 1.54) is 0 Å². The summed E-state index contributed by atoms with van der Waals surface area (Å²) in [5, 5.41) is 9.84. The second-order valence-corrected chi connectivity index (χ2v) is 1.09. The van der Waals surface area contributed by atoms with Crippen molar-refractivity contribution in [2.45, 2.75) is 0 Å². The number of nitrogens with two attached hydrogens (primary N) is 2. The number of anilines is 1. The molecule has 1 heterocycles. The largest absolute Gasteiger partial charge is 0.318 e. The van der Waals surface area contributed by atoms with Crippen LogP contribution >= 0.6 is 0 Å². The summed E-state index contributed by atoms with van der Waals surface area (Å²) >= 11 is 0. The van der Waals surface area contributed by atoms with Gasteiger partial charge in [0.2, 0.25) is 0 Å². The minimum atomic E-state index is 0.227. The van der Waals surface area contributed by atoms with Crippen LogP contribution in [0.15, 0.2) is 0 Å². The van der Waals surface area contributed by atoms with E-state index in [1.54, 1.807) is 0 Å². The fourth-order valence-corrected chi connectivity index (χ4v) is 0.289. The minimum absolute atomic E-state index is 0.227. The van der Waals surface area contributed by atoms with Gasteiger partial charge in [-0.2, -0.15) is 0 Å². The highest BCUT2D eigenvalue weighted by Gasteiger charge is 1.94. The van der Waals surface area contributed by atoms with Gasteiger partial charge in [-0.15, -0.1) is 4.79 Å². The summed E-state index contributed by atoms with van der Waals surface area (Å²) in [5.41, 5.74) is 2.18. The van der Waals surface area contributed by atoms with E-state index in [4.69, 9.17) is 11.7 Å². The Morgan fingerprint density at radius 2 is 2.38 bits per heavy atom. The topological polar surface area (TPSA) is 108 Å². The van der Waals surface area contributed by atoms with Crippen LogP contribution in [0.1, 0.15) is 0 Å². The van der Waals surface area contributed by atoms with Crippen molar-refractivity contribution in [2.24, 2.45) is 5.84 Å². The molecule has 0 fully saturated rings. The predicted octanol–water partition coefficient (Wildman–Crippen LogP) is -2.33. The van der Waals surface area contributed by atoms with Crippen LogP contribution in [0.25, 0.3) is 0 Å². The molecular weight excluding hydrogens is 110 g/mol. The molecule has 7 nitrogen and oxygen atoms in total. The van der Waals surface area contributed by atoms with Crippen molar-refractivity contribution < 1.29 is 0 Å². The third-order valence-corrected chi connectivity index (χ3v) is 0.622. The first-order chi connectivity index (χ1) is 3.84. The molecule has 0 aromatic carbocycles. The number of hydrogen-bond acceptors (Lipinski definition) is 6. The average Bonchev–Trinajstić information content (AvgIpc) is 2.14. The highest BCUT2D eigenvalue weighted by molar-refractivity contribution is 5.17. The molecule has 0 aliphatic carbocycles. The summed E-state index contributed by atoms with van der Waals surface area (Å²) in [7, 11) is 0. The van der Waals surface area contributed by atoms with E-state index in [0.29, 0.717) is 0 Å². The van der Waals surface area contributed by atoms with Gasteiger partial charge in [-0.3, -0.25) is 5.43 Å². The molecule has 0 saturated heterocycles. The first kappa shape index (κ1) is 4.78. The maximum Gasteiger partial charge on any atom is 0.276 e. The molecular formula is CH5N7. The van der Waals surface area contributed by atoms with Crippen LogP contribution < -0.4 is 17.1 Å².